The molecule has 2 rings (SSSR count). The maximum Gasteiger partial charge on any atom is 0.269 e. The standard InChI is InChI=1S/C14H13NO3/c1-11-2-8-14(9-3-11)18-10-12-4-6-13(7-5-12)15(16)17/h2-9H,10H2,1H3. The molecule has 4 nitrogen and oxygen atoms in total. The predicted molar refractivity (Wildman–Crippen MR) is 68.6 cm³/mol. The highest BCUT2D eigenvalue weighted by Crippen LogP contribution is 2.16. The second-order valence-electron chi connectivity index (χ2n) is 4.03. The maximum absolute atomic E-state index is 10.5. The highest BCUT2D eigenvalue weighted by Gasteiger charge is 2.04. The normalized spacial score (nSPS) is 10.1. The van der Waals surface area contributed by atoms with Gasteiger partial charge < -0.3 is 4.74 Å². The summed E-state index contributed by atoms with van der Waals surface area (Å²) in [7, 11) is 0. The first-order valence-corrected chi connectivity index (χ1v) is 5.58. The number of nitro groups is 1. The lowest BCUT2D eigenvalue weighted by Crippen LogP contribution is -1.96. The molecule has 0 aliphatic heterocycles. The van der Waals surface area contributed by atoms with Gasteiger partial charge in [0.25, 0.3) is 5.69 Å². The van der Waals surface area contributed by atoms with Gasteiger partial charge in [0.2, 0.25) is 0 Å². The van der Waals surface area contributed by atoms with E-state index in [0.29, 0.717) is 6.61 Å². The van der Waals surface area contributed by atoms with Crippen molar-refractivity contribution >= 4 is 5.69 Å². The molecule has 0 unspecified atom stereocenters. The number of non-ortho nitro benzene ring substituents is 1. The summed E-state index contributed by atoms with van der Waals surface area (Å²) in [6.07, 6.45) is 0. The molecule has 0 atom stereocenters. The van der Waals surface area contributed by atoms with E-state index >= 15 is 0 Å². The van der Waals surface area contributed by atoms with E-state index < -0.39 is 4.92 Å². The Kier molecular flexibility index (Phi) is 3.57. The molecule has 0 aliphatic carbocycles. The van der Waals surface area contributed by atoms with Crippen LogP contribution < -0.4 is 4.74 Å². The number of aryl methyl sites for hydroxylation is 1. The number of hydrogen-bond donors (Lipinski definition) is 0. The van der Waals surface area contributed by atoms with Crippen LogP contribution in [-0.2, 0) is 6.61 Å². The van der Waals surface area contributed by atoms with Crippen LogP contribution in [0.3, 0.4) is 0 Å². The smallest absolute Gasteiger partial charge is 0.269 e. The molecule has 0 amide bonds. The van der Waals surface area contributed by atoms with Crippen LogP contribution in [-0.4, -0.2) is 4.92 Å². The molecule has 0 bridgehead atoms. The molecule has 4 heteroatoms. The molecule has 92 valence electrons. The zero-order chi connectivity index (χ0) is 13.0. The number of hydrogen-bond acceptors (Lipinski definition) is 3. The summed E-state index contributed by atoms with van der Waals surface area (Å²) in [6, 6.07) is 14.1. The molecule has 0 N–H and O–H groups in total. The van der Waals surface area contributed by atoms with E-state index in [1.54, 1.807) is 12.1 Å². The molecule has 0 radical (unpaired) electrons. The van der Waals surface area contributed by atoms with Gasteiger partial charge in [-0.25, -0.2) is 0 Å². The molecular weight excluding hydrogens is 230 g/mol. The fourth-order valence-electron chi connectivity index (χ4n) is 1.52. The van der Waals surface area contributed by atoms with Crippen molar-refractivity contribution < 1.29 is 9.66 Å². The van der Waals surface area contributed by atoms with Gasteiger partial charge in [0.1, 0.15) is 12.4 Å². The zero-order valence-corrected chi connectivity index (χ0v) is 10.00. The lowest BCUT2D eigenvalue weighted by atomic mass is 10.2. The largest absolute Gasteiger partial charge is 0.489 e. The summed E-state index contributed by atoms with van der Waals surface area (Å²) in [5.41, 5.74) is 2.17. The zero-order valence-electron chi connectivity index (χ0n) is 10.00. The Bertz CT molecular complexity index is 532. The van der Waals surface area contributed by atoms with Crippen LogP contribution in [0.5, 0.6) is 5.75 Å². The first-order valence-electron chi connectivity index (χ1n) is 5.58. The van der Waals surface area contributed by atoms with Crippen molar-refractivity contribution in [2.75, 3.05) is 0 Å². The fraction of sp³-hybridized carbons (Fsp3) is 0.143. The second-order valence-corrected chi connectivity index (χ2v) is 4.03. The Hall–Kier alpha value is -2.36. The van der Waals surface area contributed by atoms with Crippen LogP contribution >= 0.6 is 0 Å². The van der Waals surface area contributed by atoms with E-state index in [1.807, 2.05) is 31.2 Å². The van der Waals surface area contributed by atoms with Crippen molar-refractivity contribution in [3.05, 3.63) is 69.8 Å². The first kappa shape index (κ1) is 12.1. The lowest BCUT2D eigenvalue weighted by Gasteiger charge is -2.06. The molecule has 2 aromatic carbocycles. The van der Waals surface area contributed by atoms with Crippen LogP contribution in [0, 0.1) is 17.0 Å². The van der Waals surface area contributed by atoms with E-state index in [-0.39, 0.29) is 5.69 Å². The molecule has 0 saturated heterocycles. The third kappa shape index (κ3) is 3.07. The molecule has 0 heterocycles. The minimum Gasteiger partial charge on any atom is -0.489 e. The topological polar surface area (TPSA) is 52.4 Å². The summed E-state index contributed by atoms with van der Waals surface area (Å²) in [5, 5.41) is 10.5. The molecule has 2 aromatic rings. The molecular formula is C14H13NO3. The van der Waals surface area contributed by atoms with Crippen molar-refractivity contribution in [2.45, 2.75) is 13.5 Å². The molecule has 0 saturated carbocycles. The molecule has 0 aliphatic rings. The minimum absolute atomic E-state index is 0.0917. The van der Waals surface area contributed by atoms with Gasteiger partial charge in [-0.3, -0.25) is 10.1 Å². The van der Waals surface area contributed by atoms with E-state index in [1.165, 1.54) is 17.7 Å². The Morgan fingerprint density at radius 1 is 1.06 bits per heavy atom. The van der Waals surface area contributed by atoms with Crippen molar-refractivity contribution in [2.24, 2.45) is 0 Å². The van der Waals surface area contributed by atoms with Gasteiger partial charge in [-0.05, 0) is 36.8 Å². The molecule has 0 aromatic heterocycles. The Labute approximate surface area is 105 Å². The Morgan fingerprint density at radius 3 is 2.22 bits per heavy atom. The quantitative estimate of drug-likeness (QED) is 0.610. The number of rotatable bonds is 4. The summed E-state index contributed by atoms with van der Waals surface area (Å²) in [6.45, 7) is 2.42. The SMILES string of the molecule is Cc1ccc(OCc2ccc([N+](=O)[O-])cc2)cc1. The second kappa shape index (κ2) is 5.31. The van der Waals surface area contributed by atoms with E-state index in [2.05, 4.69) is 0 Å². The number of nitrogens with zero attached hydrogens (tertiary/aromatic N) is 1. The van der Waals surface area contributed by atoms with Crippen LogP contribution in [0.2, 0.25) is 0 Å². The van der Waals surface area contributed by atoms with E-state index in [9.17, 15) is 10.1 Å². The van der Waals surface area contributed by atoms with Crippen molar-refractivity contribution in [1.29, 1.82) is 0 Å². The van der Waals surface area contributed by atoms with Gasteiger partial charge in [-0.1, -0.05) is 17.7 Å². The fourth-order valence-corrected chi connectivity index (χ4v) is 1.52. The number of benzene rings is 2. The molecule has 0 spiro atoms. The number of ether oxygens (including phenoxy) is 1. The third-order valence-corrected chi connectivity index (χ3v) is 2.57. The first-order chi connectivity index (χ1) is 8.65. The highest BCUT2D eigenvalue weighted by molar-refractivity contribution is 5.33. The summed E-state index contributed by atoms with van der Waals surface area (Å²) >= 11 is 0. The maximum atomic E-state index is 10.5. The highest BCUT2D eigenvalue weighted by atomic mass is 16.6. The van der Waals surface area contributed by atoms with Gasteiger partial charge in [-0.15, -0.1) is 0 Å². The van der Waals surface area contributed by atoms with E-state index in [4.69, 9.17) is 4.74 Å². The average Bonchev–Trinajstić information content (AvgIpc) is 2.38. The predicted octanol–water partition coefficient (Wildman–Crippen LogP) is 3.48. The average molecular weight is 243 g/mol. The summed E-state index contributed by atoms with van der Waals surface area (Å²) in [4.78, 5) is 10.1. The van der Waals surface area contributed by atoms with Crippen LogP contribution in [0.4, 0.5) is 5.69 Å². The van der Waals surface area contributed by atoms with Gasteiger partial charge >= 0.3 is 0 Å². The van der Waals surface area contributed by atoms with Crippen molar-refractivity contribution in [3.8, 4) is 5.75 Å². The van der Waals surface area contributed by atoms with Crippen molar-refractivity contribution in [3.63, 3.8) is 0 Å². The monoisotopic (exact) mass is 243 g/mol. The Balaban J connectivity index is 1.97. The van der Waals surface area contributed by atoms with Gasteiger partial charge in [0.05, 0.1) is 4.92 Å². The Morgan fingerprint density at radius 2 is 1.67 bits per heavy atom. The van der Waals surface area contributed by atoms with Crippen LogP contribution in [0.25, 0.3) is 0 Å². The van der Waals surface area contributed by atoms with Crippen LogP contribution in [0.15, 0.2) is 48.5 Å². The van der Waals surface area contributed by atoms with Gasteiger partial charge in [0, 0.05) is 12.1 Å². The molecule has 18 heavy (non-hydrogen) atoms. The lowest BCUT2D eigenvalue weighted by molar-refractivity contribution is -0.384. The van der Waals surface area contributed by atoms with Gasteiger partial charge in [0.15, 0.2) is 0 Å². The van der Waals surface area contributed by atoms with Crippen molar-refractivity contribution in [1.82, 2.24) is 0 Å². The number of nitro benzene ring substituents is 1. The summed E-state index contributed by atoms with van der Waals surface area (Å²) in [5.74, 6) is 0.791. The molecule has 0 fully saturated rings. The van der Waals surface area contributed by atoms with Crippen LogP contribution in [0.1, 0.15) is 11.1 Å². The van der Waals surface area contributed by atoms with E-state index in [0.717, 1.165) is 11.3 Å². The third-order valence-electron chi connectivity index (χ3n) is 2.57. The summed E-state index contributed by atoms with van der Waals surface area (Å²) < 4.78 is 5.58. The minimum atomic E-state index is -0.412. The van der Waals surface area contributed by atoms with Gasteiger partial charge in [-0.2, -0.15) is 0 Å².